The normalized spacial score (nSPS) is 15.6. The molecule has 0 unspecified atom stereocenters. The van der Waals surface area contributed by atoms with Crippen molar-refractivity contribution in [3.63, 3.8) is 0 Å². The van der Waals surface area contributed by atoms with Gasteiger partial charge in [0.2, 0.25) is 0 Å². The molecule has 1 aliphatic carbocycles. The number of hydrogen-bond acceptors (Lipinski definition) is 2. The zero-order valence-corrected chi connectivity index (χ0v) is 15.6. The van der Waals surface area contributed by atoms with Crippen LogP contribution in [0.25, 0.3) is 21.5 Å². The summed E-state index contributed by atoms with van der Waals surface area (Å²) in [4.78, 5) is 0. The van der Waals surface area contributed by atoms with Crippen molar-refractivity contribution in [1.29, 1.82) is 5.26 Å². The number of hydrogen-bond donors (Lipinski definition) is 0. The third-order valence-electron chi connectivity index (χ3n) is 5.13. The molecular weight excluding hydrogens is 334 g/mol. The van der Waals surface area contributed by atoms with Crippen molar-refractivity contribution in [2.24, 2.45) is 0 Å². The van der Waals surface area contributed by atoms with E-state index >= 15 is 0 Å². The first-order valence-electron chi connectivity index (χ1n) is 9.17. The van der Waals surface area contributed by atoms with Crippen molar-refractivity contribution in [2.75, 3.05) is 5.75 Å². The van der Waals surface area contributed by atoms with Gasteiger partial charge in [0.05, 0.1) is 6.07 Å². The highest BCUT2D eigenvalue weighted by molar-refractivity contribution is 8.02. The van der Waals surface area contributed by atoms with Gasteiger partial charge in [-0.1, -0.05) is 54.6 Å². The predicted molar refractivity (Wildman–Crippen MR) is 113 cm³/mol. The largest absolute Gasteiger partial charge is 0.192 e. The van der Waals surface area contributed by atoms with Crippen molar-refractivity contribution in [1.82, 2.24) is 0 Å². The molecule has 0 spiro atoms. The van der Waals surface area contributed by atoms with Crippen LogP contribution in [0.4, 0.5) is 0 Å². The third kappa shape index (κ3) is 3.41. The minimum atomic E-state index is 0.781. The van der Waals surface area contributed by atoms with Crippen molar-refractivity contribution >= 4 is 33.3 Å². The Labute approximate surface area is 159 Å². The molecule has 3 aromatic carbocycles. The van der Waals surface area contributed by atoms with Gasteiger partial charge in [0.25, 0.3) is 0 Å². The summed E-state index contributed by atoms with van der Waals surface area (Å²) in [6, 6.07) is 20.0. The van der Waals surface area contributed by atoms with E-state index in [9.17, 15) is 0 Å². The van der Waals surface area contributed by atoms with Crippen LogP contribution in [0.15, 0.2) is 71.7 Å². The van der Waals surface area contributed by atoms with Gasteiger partial charge < -0.3 is 0 Å². The van der Waals surface area contributed by atoms with E-state index in [-0.39, 0.29) is 0 Å². The Morgan fingerprint density at radius 3 is 2.50 bits per heavy atom. The number of nitriles is 1. The lowest BCUT2D eigenvalue weighted by Crippen LogP contribution is -2.02. The predicted octanol–water partition coefficient (Wildman–Crippen LogP) is 6.57. The van der Waals surface area contributed by atoms with Crippen LogP contribution in [0, 0.1) is 11.3 Å². The van der Waals surface area contributed by atoms with E-state index in [0.29, 0.717) is 0 Å². The van der Waals surface area contributed by atoms with Crippen LogP contribution in [-0.2, 0) is 12.8 Å². The number of allylic oxidation sites excluding steroid dienone is 2. The van der Waals surface area contributed by atoms with E-state index in [1.807, 2.05) is 17.6 Å². The van der Waals surface area contributed by atoms with Crippen LogP contribution in [0.2, 0.25) is 0 Å². The number of benzene rings is 3. The van der Waals surface area contributed by atoms with Gasteiger partial charge in [-0.25, -0.2) is 0 Å². The van der Waals surface area contributed by atoms with Crippen molar-refractivity contribution < 1.29 is 0 Å². The minimum Gasteiger partial charge on any atom is -0.192 e. The Balaban J connectivity index is 0.000000178. The Hall–Kier alpha value is -2.50. The van der Waals surface area contributed by atoms with Crippen LogP contribution < -0.4 is 0 Å². The molecule has 0 fully saturated rings. The fourth-order valence-electron chi connectivity index (χ4n) is 3.81. The molecule has 128 valence electrons. The van der Waals surface area contributed by atoms with E-state index < -0.39 is 0 Å². The van der Waals surface area contributed by atoms with Crippen molar-refractivity contribution in [3.8, 4) is 6.07 Å². The number of rotatable bonds is 0. The molecule has 0 amide bonds. The zero-order valence-electron chi connectivity index (χ0n) is 14.7. The molecule has 0 N–H and O–H groups in total. The number of nitrogens with zero attached hydrogens (tertiary/aromatic N) is 1. The average molecular weight is 356 g/mol. The Morgan fingerprint density at radius 1 is 0.846 bits per heavy atom. The SMILES string of the molecule is N#CC1=CCSC=C1.c1ccc2c(c1)ccc1c3c(ccc12)CCCC3. The van der Waals surface area contributed by atoms with Gasteiger partial charge >= 0.3 is 0 Å². The molecule has 2 aliphatic rings. The summed E-state index contributed by atoms with van der Waals surface area (Å²) in [6.07, 6.45) is 8.97. The first-order chi connectivity index (χ1) is 12.9. The van der Waals surface area contributed by atoms with Gasteiger partial charge in [-0.3, -0.25) is 0 Å². The standard InChI is InChI=1S/C18H16.C6H5NS/c1-3-7-15-13(5-1)9-11-18-16-8-4-2-6-14(16)10-12-17(15)18;7-5-6-1-3-8-4-2-6/h1,3,5,7,9-12H,2,4,6,8H2;1-3H,4H2. The molecule has 26 heavy (non-hydrogen) atoms. The zero-order chi connectivity index (χ0) is 17.8. The molecule has 0 atom stereocenters. The molecule has 1 heterocycles. The van der Waals surface area contributed by atoms with E-state index in [1.54, 1.807) is 22.9 Å². The van der Waals surface area contributed by atoms with Crippen molar-refractivity contribution in [3.05, 3.63) is 82.8 Å². The molecule has 2 heteroatoms. The Morgan fingerprint density at radius 2 is 1.69 bits per heavy atom. The molecule has 0 bridgehead atoms. The topological polar surface area (TPSA) is 23.8 Å². The lowest BCUT2D eigenvalue weighted by Gasteiger charge is -2.18. The number of thioether (sulfide) groups is 1. The highest BCUT2D eigenvalue weighted by Gasteiger charge is 2.13. The summed E-state index contributed by atoms with van der Waals surface area (Å²) in [7, 11) is 0. The maximum atomic E-state index is 8.31. The molecule has 1 nitrogen and oxygen atoms in total. The number of fused-ring (bicyclic) bond motifs is 5. The van der Waals surface area contributed by atoms with Gasteiger partial charge in [0.15, 0.2) is 0 Å². The molecule has 1 aliphatic heterocycles. The quantitative estimate of drug-likeness (QED) is 0.426. The lowest BCUT2D eigenvalue weighted by molar-refractivity contribution is 0.690. The summed E-state index contributed by atoms with van der Waals surface area (Å²) in [5.74, 6) is 0.944. The molecular formula is C24H21NS. The highest BCUT2D eigenvalue weighted by Crippen LogP contribution is 2.33. The smallest absolute Gasteiger partial charge is 0.0988 e. The fraction of sp³-hybridized carbons (Fsp3) is 0.208. The summed E-state index contributed by atoms with van der Waals surface area (Å²) in [5, 5.41) is 15.9. The second kappa shape index (κ2) is 7.81. The van der Waals surface area contributed by atoms with Gasteiger partial charge in [-0.15, -0.1) is 11.8 Å². The molecule has 0 saturated carbocycles. The van der Waals surface area contributed by atoms with Gasteiger partial charge in [0, 0.05) is 11.3 Å². The summed E-state index contributed by atoms with van der Waals surface area (Å²) >= 11 is 1.71. The van der Waals surface area contributed by atoms with Gasteiger partial charge in [0.1, 0.15) is 0 Å². The second-order valence-electron chi connectivity index (χ2n) is 6.70. The monoisotopic (exact) mass is 355 g/mol. The van der Waals surface area contributed by atoms with Gasteiger partial charge in [-0.2, -0.15) is 5.26 Å². The van der Waals surface area contributed by atoms with Crippen LogP contribution in [0.3, 0.4) is 0 Å². The minimum absolute atomic E-state index is 0.781. The van der Waals surface area contributed by atoms with Crippen molar-refractivity contribution in [2.45, 2.75) is 25.7 Å². The highest BCUT2D eigenvalue weighted by atomic mass is 32.2. The maximum Gasteiger partial charge on any atom is 0.0988 e. The number of aryl methyl sites for hydroxylation is 2. The molecule has 5 rings (SSSR count). The molecule has 0 aromatic heterocycles. The summed E-state index contributed by atoms with van der Waals surface area (Å²) < 4.78 is 0. The summed E-state index contributed by atoms with van der Waals surface area (Å²) in [6.45, 7) is 0. The third-order valence-corrected chi connectivity index (χ3v) is 5.82. The summed E-state index contributed by atoms with van der Waals surface area (Å²) in [5.41, 5.74) is 3.96. The fourth-order valence-corrected chi connectivity index (χ4v) is 4.44. The Bertz CT molecular complexity index is 1050. The van der Waals surface area contributed by atoms with E-state index in [1.165, 1.54) is 47.2 Å². The van der Waals surface area contributed by atoms with Crippen LogP contribution >= 0.6 is 11.8 Å². The molecule has 0 saturated heterocycles. The van der Waals surface area contributed by atoms with Crippen LogP contribution in [-0.4, -0.2) is 5.75 Å². The molecule has 0 radical (unpaired) electrons. The van der Waals surface area contributed by atoms with Gasteiger partial charge in [-0.05, 0) is 69.8 Å². The average Bonchev–Trinajstić information content (AvgIpc) is 2.74. The first kappa shape index (κ1) is 16.9. The van der Waals surface area contributed by atoms with E-state index in [4.69, 9.17) is 5.26 Å². The van der Waals surface area contributed by atoms with E-state index in [0.717, 1.165) is 11.3 Å². The maximum absolute atomic E-state index is 8.31. The van der Waals surface area contributed by atoms with Crippen LogP contribution in [0.5, 0.6) is 0 Å². The second-order valence-corrected chi connectivity index (χ2v) is 7.64. The van der Waals surface area contributed by atoms with Crippen LogP contribution in [0.1, 0.15) is 24.0 Å². The first-order valence-corrected chi connectivity index (χ1v) is 10.2. The van der Waals surface area contributed by atoms with E-state index in [2.05, 4.69) is 54.6 Å². The lowest BCUT2D eigenvalue weighted by atomic mass is 9.86. The Kier molecular flexibility index (Phi) is 5.09. The molecule has 3 aromatic rings.